The number of nitrogens with zero attached hydrogens (tertiary/aromatic N) is 2. The molecule has 152 valence electrons. The van der Waals surface area contributed by atoms with Crippen LogP contribution in [-0.4, -0.2) is 22.5 Å². The fourth-order valence-corrected chi connectivity index (χ4v) is 4.28. The number of thiazole rings is 1. The third-order valence-corrected chi connectivity index (χ3v) is 6.04. The highest BCUT2D eigenvalue weighted by Gasteiger charge is 2.11. The standard InChI is InChI=1S/C25H19N3O2S/c1-16-8-9-19(24-28-21-7-4-12-26-25(21)31-24)14-22(16)27-23(29)15-30-20-11-10-17-5-2-3-6-18(17)13-20/h2-14H,15H2,1H3,(H,27,29). The molecule has 0 radical (unpaired) electrons. The number of hydrogen-bond donors (Lipinski definition) is 1. The molecule has 5 aromatic rings. The van der Waals surface area contributed by atoms with E-state index in [1.807, 2.05) is 79.7 Å². The second-order valence-corrected chi connectivity index (χ2v) is 8.20. The second kappa shape index (κ2) is 8.16. The molecule has 3 aromatic carbocycles. The van der Waals surface area contributed by atoms with Crippen molar-refractivity contribution in [2.45, 2.75) is 6.92 Å². The van der Waals surface area contributed by atoms with E-state index in [0.29, 0.717) is 5.75 Å². The predicted molar refractivity (Wildman–Crippen MR) is 126 cm³/mol. The molecule has 31 heavy (non-hydrogen) atoms. The predicted octanol–water partition coefficient (Wildman–Crippen LogP) is 5.84. The Bertz CT molecular complexity index is 1380. The van der Waals surface area contributed by atoms with Gasteiger partial charge in [-0.1, -0.05) is 53.8 Å². The van der Waals surface area contributed by atoms with E-state index in [-0.39, 0.29) is 12.5 Å². The summed E-state index contributed by atoms with van der Waals surface area (Å²) in [5, 5.41) is 6.04. The maximum atomic E-state index is 12.5. The number of aromatic nitrogens is 2. The van der Waals surface area contributed by atoms with Gasteiger partial charge in [0.2, 0.25) is 0 Å². The topological polar surface area (TPSA) is 64.1 Å². The van der Waals surface area contributed by atoms with Gasteiger partial charge >= 0.3 is 0 Å². The molecule has 1 N–H and O–H groups in total. The van der Waals surface area contributed by atoms with Crippen molar-refractivity contribution in [3.05, 3.63) is 84.6 Å². The molecule has 2 aromatic heterocycles. The number of rotatable bonds is 5. The minimum atomic E-state index is -0.209. The van der Waals surface area contributed by atoms with Crippen LogP contribution in [0.15, 0.2) is 79.0 Å². The number of carbonyl (C=O) groups excluding carboxylic acids is 1. The minimum absolute atomic E-state index is 0.0624. The van der Waals surface area contributed by atoms with E-state index >= 15 is 0 Å². The molecule has 0 aliphatic carbocycles. The zero-order valence-electron chi connectivity index (χ0n) is 16.8. The number of nitrogens with one attached hydrogen (secondary N) is 1. The van der Waals surface area contributed by atoms with Crippen molar-refractivity contribution < 1.29 is 9.53 Å². The maximum Gasteiger partial charge on any atom is 0.262 e. The molecule has 0 aliphatic heterocycles. The molecule has 0 aliphatic rings. The van der Waals surface area contributed by atoms with Crippen molar-refractivity contribution in [3.63, 3.8) is 0 Å². The summed E-state index contributed by atoms with van der Waals surface area (Å²) in [6.45, 7) is 1.90. The van der Waals surface area contributed by atoms with Gasteiger partial charge in [-0.25, -0.2) is 9.97 Å². The van der Waals surface area contributed by atoms with Crippen molar-refractivity contribution >= 4 is 44.1 Å². The summed E-state index contributed by atoms with van der Waals surface area (Å²) in [5.41, 5.74) is 3.54. The molecular formula is C25H19N3O2S. The van der Waals surface area contributed by atoms with Crippen LogP contribution in [0.5, 0.6) is 5.75 Å². The Hall–Kier alpha value is -3.77. The molecular weight excluding hydrogens is 406 g/mol. The third kappa shape index (κ3) is 4.11. The minimum Gasteiger partial charge on any atom is -0.484 e. The molecule has 0 fully saturated rings. The Morgan fingerprint density at radius 1 is 1.00 bits per heavy atom. The Morgan fingerprint density at radius 3 is 2.74 bits per heavy atom. The van der Waals surface area contributed by atoms with E-state index in [1.165, 1.54) is 11.3 Å². The van der Waals surface area contributed by atoms with E-state index in [0.717, 1.165) is 42.9 Å². The van der Waals surface area contributed by atoms with Crippen LogP contribution in [0.1, 0.15) is 5.56 Å². The number of pyridine rings is 1. The van der Waals surface area contributed by atoms with Crippen molar-refractivity contribution in [3.8, 4) is 16.3 Å². The Labute approximate surface area is 183 Å². The van der Waals surface area contributed by atoms with Gasteiger partial charge in [0.05, 0.1) is 0 Å². The zero-order chi connectivity index (χ0) is 21.2. The number of ether oxygens (including phenoxy) is 1. The van der Waals surface area contributed by atoms with Gasteiger partial charge in [0.1, 0.15) is 21.1 Å². The molecule has 6 heteroatoms. The monoisotopic (exact) mass is 425 g/mol. The summed E-state index contributed by atoms with van der Waals surface area (Å²) in [5.74, 6) is 0.459. The average molecular weight is 426 g/mol. The lowest BCUT2D eigenvalue weighted by molar-refractivity contribution is -0.118. The Morgan fingerprint density at radius 2 is 1.87 bits per heavy atom. The highest BCUT2D eigenvalue weighted by molar-refractivity contribution is 7.21. The highest BCUT2D eigenvalue weighted by Crippen LogP contribution is 2.31. The summed E-state index contributed by atoms with van der Waals surface area (Å²) in [6.07, 6.45) is 1.76. The number of hydrogen-bond acceptors (Lipinski definition) is 5. The van der Waals surface area contributed by atoms with Gasteiger partial charge < -0.3 is 10.1 Å². The number of aryl methyl sites for hydroxylation is 1. The summed E-state index contributed by atoms with van der Waals surface area (Å²) >= 11 is 1.53. The van der Waals surface area contributed by atoms with Crippen molar-refractivity contribution in [1.29, 1.82) is 0 Å². The molecule has 0 saturated heterocycles. The summed E-state index contributed by atoms with van der Waals surface area (Å²) in [7, 11) is 0. The molecule has 0 spiro atoms. The quantitative estimate of drug-likeness (QED) is 0.384. The number of anilines is 1. The summed E-state index contributed by atoms with van der Waals surface area (Å²) in [6, 6.07) is 23.6. The van der Waals surface area contributed by atoms with E-state index in [4.69, 9.17) is 4.74 Å². The molecule has 5 nitrogen and oxygen atoms in total. The lowest BCUT2D eigenvalue weighted by Gasteiger charge is -2.11. The Balaban J connectivity index is 1.30. The van der Waals surface area contributed by atoms with Gasteiger partial charge in [0.15, 0.2) is 6.61 Å². The van der Waals surface area contributed by atoms with Crippen LogP contribution in [0.25, 0.3) is 31.7 Å². The Kier molecular flexibility index (Phi) is 5.06. The van der Waals surface area contributed by atoms with E-state index in [2.05, 4.69) is 15.3 Å². The molecule has 1 amide bonds. The first-order chi connectivity index (χ1) is 15.2. The van der Waals surface area contributed by atoms with E-state index in [9.17, 15) is 4.79 Å². The van der Waals surface area contributed by atoms with Crippen LogP contribution in [0.4, 0.5) is 5.69 Å². The highest BCUT2D eigenvalue weighted by atomic mass is 32.1. The third-order valence-electron chi connectivity index (χ3n) is 5.02. The first-order valence-electron chi connectivity index (χ1n) is 9.90. The van der Waals surface area contributed by atoms with Gasteiger partial charge in [-0.05, 0) is 53.6 Å². The fraction of sp³-hybridized carbons (Fsp3) is 0.0800. The number of fused-ring (bicyclic) bond motifs is 2. The SMILES string of the molecule is Cc1ccc(-c2nc3cccnc3s2)cc1NC(=O)COc1ccc2ccccc2c1. The summed E-state index contributed by atoms with van der Waals surface area (Å²) in [4.78, 5) is 22.4. The fourth-order valence-electron chi connectivity index (χ4n) is 3.38. The number of carbonyl (C=O) groups is 1. The van der Waals surface area contributed by atoms with Crippen LogP contribution in [0, 0.1) is 6.92 Å². The van der Waals surface area contributed by atoms with Gasteiger partial charge in [0.25, 0.3) is 5.91 Å². The molecule has 0 unspecified atom stereocenters. The van der Waals surface area contributed by atoms with Gasteiger partial charge in [-0.2, -0.15) is 0 Å². The zero-order valence-corrected chi connectivity index (χ0v) is 17.6. The van der Waals surface area contributed by atoms with E-state index in [1.54, 1.807) is 6.20 Å². The summed E-state index contributed by atoms with van der Waals surface area (Å²) < 4.78 is 5.71. The first-order valence-corrected chi connectivity index (χ1v) is 10.7. The normalized spacial score (nSPS) is 11.0. The molecule has 0 saturated carbocycles. The van der Waals surface area contributed by atoms with Crippen molar-refractivity contribution in [1.82, 2.24) is 9.97 Å². The molecule has 2 heterocycles. The van der Waals surface area contributed by atoms with Gasteiger partial charge in [-0.3, -0.25) is 4.79 Å². The van der Waals surface area contributed by atoms with Gasteiger partial charge in [0, 0.05) is 17.4 Å². The molecule has 5 rings (SSSR count). The van der Waals surface area contributed by atoms with Crippen LogP contribution >= 0.6 is 11.3 Å². The molecule has 0 atom stereocenters. The van der Waals surface area contributed by atoms with Crippen LogP contribution in [-0.2, 0) is 4.79 Å². The van der Waals surface area contributed by atoms with Crippen LogP contribution in [0.3, 0.4) is 0 Å². The maximum absolute atomic E-state index is 12.5. The number of amides is 1. The largest absolute Gasteiger partial charge is 0.484 e. The smallest absolute Gasteiger partial charge is 0.262 e. The van der Waals surface area contributed by atoms with Crippen molar-refractivity contribution in [2.24, 2.45) is 0 Å². The molecule has 0 bridgehead atoms. The van der Waals surface area contributed by atoms with Gasteiger partial charge in [-0.15, -0.1) is 0 Å². The van der Waals surface area contributed by atoms with Crippen LogP contribution < -0.4 is 10.1 Å². The number of benzene rings is 3. The lowest BCUT2D eigenvalue weighted by atomic mass is 10.1. The van der Waals surface area contributed by atoms with Crippen LogP contribution in [0.2, 0.25) is 0 Å². The first kappa shape index (κ1) is 19.2. The second-order valence-electron chi connectivity index (χ2n) is 7.22. The van der Waals surface area contributed by atoms with E-state index < -0.39 is 0 Å². The lowest BCUT2D eigenvalue weighted by Crippen LogP contribution is -2.20. The average Bonchev–Trinajstić information content (AvgIpc) is 3.23. The van der Waals surface area contributed by atoms with Crippen molar-refractivity contribution in [2.75, 3.05) is 11.9 Å².